The van der Waals surface area contributed by atoms with Gasteiger partial charge in [0.1, 0.15) is 11.6 Å². The van der Waals surface area contributed by atoms with Gasteiger partial charge in [0.05, 0.1) is 7.11 Å². The van der Waals surface area contributed by atoms with Crippen molar-refractivity contribution in [2.24, 2.45) is 4.99 Å². The number of halogens is 2. The molecule has 0 spiro atoms. The Balaban J connectivity index is 0.00000300. The number of guanidine groups is 1. The van der Waals surface area contributed by atoms with Gasteiger partial charge < -0.3 is 20.3 Å². The number of pyridine rings is 1. The topological polar surface area (TPSA) is 61.8 Å². The number of rotatable bonds is 7. The minimum absolute atomic E-state index is 0. The van der Waals surface area contributed by atoms with Crippen molar-refractivity contribution < 1.29 is 4.74 Å². The summed E-state index contributed by atoms with van der Waals surface area (Å²) in [5.74, 6) is 2.60. The molecule has 29 heavy (non-hydrogen) atoms. The summed E-state index contributed by atoms with van der Waals surface area (Å²) < 4.78 is 5.19. The zero-order valence-electron chi connectivity index (χ0n) is 16.9. The molecule has 2 heterocycles. The van der Waals surface area contributed by atoms with Crippen molar-refractivity contribution in [2.45, 2.75) is 25.8 Å². The zero-order valence-corrected chi connectivity index (χ0v) is 20.0. The van der Waals surface area contributed by atoms with E-state index < -0.39 is 0 Å². The summed E-state index contributed by atoms with van der Waals surface area (Å²) in [6.07, 6.45) is 5.18. The Hall–Kier alpha value is -1.74. The zero-order chi connectivity index (χ0) is 19.8. The number of methoxy groups -OCH3 is 1. The van der Waals surface area contributed by atoms with Gasteiger partial charge in [0.15, 0.2) is 5.96 Å². The maximum absolute atomic E-state index is 6.30. The van der Waals surface area contributed by atoms with Crippen molar-refractivity contribution >= 4 is 47.4 Å². The molecule has 1 aliphatic heterocycles. The van der Waals surface area contributed by atoms with E-state index in [1.807, 2.05) is 30.5 Å². The summed E-state index contributed by atoms with van der Waals surface area (Å²) in [5.41, 5.74) is 2.27. The number of nitrogens with one attached hydrogen (secondary N) is 2. The second-order valence-corrected chi connectivity index (χ2v) is 7.18. The number of hydrogen-bond donors (Lipinski definition) is 2. The van der Waals surface area contributed by atoms with E-state index >= 15 is 0 Å². The minimum Gasteiger partial charge on any atom is -0.497 e. The fourth-order valence-corrected chi connectivity index (χ4v) is 3.53. The number of aliphatic imine (C=N–C) groups is 1. The lowest BCUT2D eigenvalue weighted by Crippen LogP contribution is -2.37. The number of nitrogens with zero attached hydrogens (tertiary/aromatic N) is 3. The van der Waals surface area contributed by atoms with Crippen LogP contribution in [0.3, 0.4) is 0 Å². The number of anilines is 1. The number of ether oxygens (including phenoxy) is 1. The van der Waals surface area contributed by atoms with Crippen LogP contribution in [-0.4, -0.2) is 44.7 Å². The molecule has 0 radical (unpaired) electrons. The van der Waals surface area contributed by atoms with E-state index in [1.165, 1.54) is 18.4 Å². The molecule has 2 aromatic rings. The van der Waals surface area contributed by atoms with Crippen LogP contribution in [0.1, 0.15) is 24.0 Å². The second kappa shape index (κ2) is 12.1. The molecule has 8 heteroatoms. The molecular weight excluding hydrogens is 501 g/mol. The van der Waals surface area contributed by atoms with Gasteiger partial charge in [-0.05, 0) is 54.7 Å². The monoisotopic (exact) mass is 529 g/mol. The summed E-state index contributed by atoms with van der Waals surface area (Å²) in [4.78, 5) is 11.1. The Morgan fingerprint density at radius 2 is 2.00 bits per heavy atom. The van der Waals surface area contributed by atoms with Crippen LogP contribution in [0.25, 0.3) is 0 Å². The van der Waals surface area contributed by atoms with Crippen molar-refractivity contribution in [3.63, 3.8) is 0 Å². The first kappa shape index (κ1) is 23.5. The normalized spacial score (nSPS) is 13.8. The third-order valence-corrected chi connectivity index (χ3v) is 5.22. The van der Waals surface area contributed by atoms with Gasteiger partial charge in [0.25, 0.3) is 0 Å². The smallest absolute Gasteiger partial charge is 0.191 e. The van der Waals surface area contributed by atoms with Crippen LogP contribution in [0.4, 0.5) is 5.82 Å². The van der Waals surface area contributed by atoms with Gasteiger partial charge in [0, 0.05) is 44.4 Å². The predicted octanol–water partition coefficient (Wildman–Crippen LogP) is 3.87. The quantitative estimate of drug-likeness (QED) is 0.324. The van der Waals surface area contributed by atoms with E-state index in [-0.39, 0.29) is 24.0 Å². The fourth-order valence-electron chi connectivity index (χ4n) is 3.27. The molecule has 0 unspecified atom stereocenters. The lowest BCUT2D eigenvalue weighted by molar-refractivity contribution is 0.414. The highest BCUT2D eigenvalue weighted by molar-refractivity contribution is 14.0. The SMILES string of the molecule is CN=C(NCCc1ccc(OC)cc1Cl)NCc1ccnc(N2CCCC2)c1.I. The first-order chi connectivity index (χ1) is 13.7. The summed E-state index contributed by atoms with van der Waals surface area (Å²) >= 11 is 6.30. The molecule has 1 aromatic carbocycles. The molecule has 1 saturated heterocycles. The summed E-state index contributed by atoms with van der Waals surface area (Å²) in [6, 6.07) is 9.95. The van der Waals surface area contributed by atoms with Crippen LogP contribution >= 0.6 is 35.6 Å². The molecule has 0 aliphatic carbocycles. The Morgan fingerprint density at radius 1 is 1.21 bits per heavy atom. The molecular formula is C21H29ClIN5O. The summed E-state index contributed by atoms with van der Waals surface area (Å²) in [6.45, 7) is 3.63. The molecule has 0 bridgehead atoms. The molecule has 3 rings (SSSR count). The van der Waals surface area contributed by atoms with Gasteiger partial charge in [-0.3, -0.25) is 4.99 Å². The van der Waals surface area contributed by atoms with E-state index in [4.69, 9.17) is 16.3 Å². The van der Waals surface area contributed by atoms with Crippen molar-refractivity contribution in [1.29, 1.82) is 0 Å². The van der Waals surface area contributed by atoms with E-state index in [2.05, 4.69) is 31.6 Å². The van der Waals surface area contributed by atoms with Crippen molar-refractivity contribution in [3.05, 3.63) is 52.7 Å². The molecule has 1 fully saturated rings. The van der Waals surface area contributed by atoms with Crippen LogP contribution < -0.4 is 20.3 Å². The Bertz CT molecular complexity index is 811. The number of benzene rings is 1. The predicted molar refractivity (Wildman–Crippen MR) is 131 cm³/mol. The van der Waals surface area contributed by atoms with Crippen LogP contribution in [0, 0.1) is 0 Å². The van der Waals surface area contributed by atoms with Crippen LogP contribution in [-0.2, 0) is 13.0 Å². The van der Waals surface area contributed by atoms with Crippen molar-refractivity contribution in [2.75, 3.05) is 38.7 Å². The minimum atomic E-state index is 0. The largest absolute Gasteiger partial charge is 0.497 e. The maximum atomic E-state index is 6.30. The van der Waals surface area contributed by atoms with Crippen LogP contribution in [0.5, 0.6) is 5.75 Å². The number of aromatic nitrogens is 1. The third kappa shape index (κ3) is 6.92. The second-order valence-electron chi connectivity index (χ2n) is 6.78. The lowest BCUT2D eigenvalue weighted by atomic mass is 10.1. The van der Waals surface area contributed by atoms with Gasteiger partial charge in [-0.15, -0.1) is 24.0 Å². The summed E-state index contributed by atoms with van der Waals surface area (Å²) in [5, 5.41) is 7.42. The third-order valence-electron chi connectivity index (χ3n) is 4.87. The number of hydrogen-bond acceptors (Lipinski definition) is 4. The van der Waals surface area contributed by atoms with E-state index in [0.29, 0.717) is 6.54 Å². The first-order valence-electron chi connectivity index (χ1n) is 9.66. The molecule has 6 nitrogen and oxygen atoms in total. The fraction of sp³-hybridized carbons (Fsp3) is 0.429. The van der Waals surface area contributed by atoms with Crippen molar-refractivity contribution in [3.8, 4) is 5.75 Å². The molecule has 0 amide bonds. The van der Waals surface area contributed by atoms with Crippen LogP contribution in [0.15, 0.2) is 41.5 Å². The molecule has 0 saturated carbocycles. The Labute approximate surface area is 195 Å². The lowest BCUT2D eigenvalue weighted by Gasteiger charge is -2.17. The maximum Gasteiger partial charge on any atom is 0.191 e. The first-order valence-corrected chi connectivity index (χ1v) is 10.0. The van der Waals surface area contributed by atoms with Gasteiger partial charge in [-0.25, -0.2) is 4.98 Å². The molecule has 2 N–H and O–H groups in total. The van der Waals surface area contributed by atoms with Crippen LogP contribution in [0.2, 0.25) is 5.02 Å². The highest BCUT2D eigenvalue weighted by Crippen LogP contribution is 2.22. The van der Waals surface area contributed by atoms with E-state index in [1.54, 1.807) is 14.2 Å². The molecule has 1 aliphatic rings. The average Bonchev–Trinajstić information content (AvgIpc) is 3.26. The van der Waals surface area contributed by atoms with E-state index in [9.17, 15) is 0 Å². The standard InChI is InChI=1S/C21H28ClN5O.HI/c1-23-21(25-10-8-17-5-6-18(28-2)14-19(17)22)26-15-16-7-9-24-20(13-16)27-11-3-4-12-27;/h5-7,9,13-14H,3-4,8,10-12,15H2,1-2H3,(H2,23,25,26);1H. The van der Waals surface area contributed by atoms with Gasteiger partial charge >= 0.3 is 0 Å². The van der Waals surface area contributed by atoms with E-state index in [0.717, 1.165) is 54.2 Å². The van der Waals surface area contributed by atoms with Gasteiger partial charge in [-0.1, -0.05) is 17.7 Å². The average molecular weight is 530 g/mol. The highest BCUT2D eigenvalue weighted by Gasteiger charge is 2.13. The Kier molecular flexibility index (Phi) is 9.80. The molecule has 1 aromatic heterocycles. The Morgan fingerprint density at radius 3 is 2.69 bits per heavy atom. The van der Waals surface area contributed by atoms with Gasteiger partial charge in [0.2, 0.25) is 0 Å². The summed E-state index contributed by atoms with van der Waals surface area (Å²) in [7, 11) is 3.41. The van der Waals surface area contributed by atoms with Gasteiger partial charge in [-0.2, -0.15) is 0 Å². The molecule has 0 atom stereocenters. The van der Waals surface area contributed by atoms with Crippen molar-refractivity contribution in [1.82, 2.24) is 15.6 Å². The highest BCUT2D eigenvalue weighted by atomic mass is 127. The molecule has 158 valence electrons.